The smallest absolute Gasteiger partial charge is 0.328 e. The van der Waals surface area contributed by atoms with Crippen molar-refractivity contribution in [2.45, 2.75) is 6.42 Å². The van der Waals surface area contributed by atoms with Gasteiger partial charge in [0.05, 0.1) is 24.3 Å². The molecule has 0 aromatic carbocycles. The lowest BCUT2D eigenvalue weighted by Gasteiger charge is -2.22. The van der Waals surface area contributed by atoms with E-state index in [1.54, 1.807) is 6.20 Å². The largest absolute Gasteiger partial charge is 0.478 e. The number of pyridine rings is 1. The monoisotopic (exact) mass is 335 g/mol. The Labute approximate surface area is 140 Å². The first kappa shape index (κ1) is 19.2. The highest BCUT2D eigenvalue weighted by atomic mass is 16.5. The molecule has 0 saturated carbocycles. The van der Waals surface area contributed by atoms with Gasteiger partial charge in [0.15, 0.2) is 0 Å². The number of rotatable bonds is 5. The van der Waals surface area contributed by atoms with Crippen molar-refractivity contribution < 1.29 is 24.5 Å². The van der Waals surface area contributed by atoms with Crippen LogP contribution in [-0.2, 0) is 9.59 Å². The molecule has 24 heavy (non-hydrogen) atoms. The average molecular weight is 335 g/mol. The Morgan fingerprint density at radius 3 is 2.54 bits per heavy atom. The first-order valence-corrected chi connectivity index (χ1v) is 7.35. The number of hydrogen-bond donors (Lipinski definition) is 3. The first-order chi connectivity index (χ1) is 11.5. The van der Waals surface area contributed by atoms with Crippen LogP contribution in [0.1, 0.15) is 6.42 Å². The van der Waals surface area contributed by atoms with Gasteiger partial charge in [-0.2, -0.15) is 0 Å². The highest BCUT2D eigenvalue weighted by Crippen LogP contribution is 2.20. The van der Waals surface area contributed by atoms with E-state index in [1.807, 2.05) is 12.3 Å². The molecule has 1 fully saturated rings. The predicted molar refractivity (Wildman–Crippen MR) is 89.2 cm³/mol. The zero-order valence-corrected chi connectivity index (χ0v) is 13.2. The van der Waals surface area contributed by atoms with Crippen molar-refractivity contribution in [3.8, 4) is 5.75 Å². The van der Waals surface area contributed by atoms with E-state index in [0.29, 0.717) is 12.2 Å². The van der Waals surface area contributed by atoms with Crippen molar-refractivity contribution in [2.75, 3.05) is 31.1 Å². The topological polar surface area (TPSA) is 112 Å². The maximum atomic E-state index is 9.55. The van der Waals surface area contributed by atoms with Crippen molar-refractivity contribution >= 4 is 17.6 Å². The molecule has 8 nitrogen and oxygen atoms in total. The highest BCUT2D eigenvalue weighted by molar-refractivity contribution is 5.89. The molecule has 1 saturated heterocycles. The third-order valence-corrected chi connectivity index (χ3v) is 2.99. The van der Waals surface area contributed by atoms with Crippen LogP contribution < -0.4 is 15.0 Å². The second-order valence-electron chi connectivity index (χ2n) is 4.76. The van der Waals surface area contributed by atoms with Gasteiger partial charge in [0.1, 0.15) is 5.75 Å². The number of aliphatic carboxylic acids is 2. The van der Waals surface area contributed by atoms with Gasteiger partial charge in [-0.05, 0) is 13.0 Å². The number of anilines is 1. The van der Waals surface area contributed by atoms with E-state index in [1.165, 1.54) is 6.26 Å². The van der Waals surface area contributed by atoms with Crippen LogP contribution in [0.3, 0.4) is 0 Å². The van der Waals surface area contributed by atoms with Crippen molar-refractivity contribution in [1.82, 2.24) is 10.3 Å². The summed E-state index contributed by atoms with van der Waals surface area (Å²) in [6, 6.07) is 2.00. The zero-order chi connectivity index (χ0) is 17.8. The Morgan fingerprint density at radius 2 is 1.92 bits per heavy atom. The molecule has 0 radical (unpaired) electrons. The number of carbonyl (C=O) groups is 2. The van der Waals surface area contributed by atoms with E-state index in [4.69, 9.17) is 14.9 Å². The van der Waals surface area contributed by atoms with E-state index in [0.717, 1.165) is 44.0 Å². The number of carboxylic acid groups (broad SMARTS) is 2. The number of hydrogen-bond acceptors (Lipinski definition) is 6. The number of ether oxygens (including phenoxy) is 1. The maximum Gasteiger partial charge on any atom is 0.328 e. The summed E-state index contributed by atoms with van der Waals surface area (Å²) in [6.45, 7) is 7.72. The van der Waals surface area contributed by atoms with Crippen LogP contribution in [0, 0.1) is 0 Å². The molecule has 130 valence electrons. The molecule has 1 aliphatic heterocycles. The van der Waals surface area contributed by atoms with Crippen molar-refractivity contribution in [3.63, 3.8) is 0 Å². The molecule has 1 aromatic rings. The Kier molecular flexibility index (Phi) is 8.62. The summed E-state index contributed by atoms with van der Waals surface area (Å²) in [4.78, 5) is 25.6. The lowest BCUT2D eigenvalue weighted by Crippen LogP contribution is -2.27. The SMILES string of the molecule is C=COc1cncc(N2CCCNCC2)c1.O=C(O)/C=C/C(=O)O. The Bertz CT molecular complexity index is 565. The second-order valence-corrected chi connectivity index (χ2v) is 4.76. The highest BCUT2D eigenvalue weighted by Gasteiger charge is 2.10. The lowest BCUT2D eigenvalue weighted by molar-refractivity contribution is -0.134. The van der Waals surface area contributed by atoms with Crippen LogP contribution in [0.4, 0.5) is 5.69 Å². The zero-order valence-electron chi connectivity index (χ0n) is 13.2. The first-order valence-electron chi connectivity index (χ1n) is 7.35. The van der Waals surface area contributed by atoms with Crippen LogP contribution in [0.15, 0.2) is 43.5 Å². The Balaban J connectivity index is 0.000000307. The van der Waals surface area contributed by atoms with E-state index in [9.17, 15) is 9.59 Å². The van der Waals surface area contributed by atoms with Gasteiger partial charge in [-0.25, -0.2) is 9.59 Å². The molecule has 1 aromatic heterocycles. The summed E-state index contributed by atoms with van der Waals surface area (Å²) in [5.74, 6) is -1.77. The molecule has 0 atom stereocenters. The number of aromatic nitrogens is 1. The van der Waals surface area contributed by atoms with Gasteiger partial charge in [0.2, 0.25) is 0 Å². The molecule has 2 heterocycles. The minimum absolute atomic E-state index is 0.558. The maximum absolute atomic E-state index is 9.55. The van der Waals surface area contributed by atoms with Gasteiger partial charge >= 0.3 is 11.9 Å². The summed E-state index contributed by atoms with van der Waals surface area (Å²) < 4.78 is 5.23. The summed E-state index contributed by atoms with van der Waals surface area (Å²) in [5.41, 5.74) is 1.11. The third kappa shape index (κ3) is 7.95. The molecule has 3 N–H and O–H groups in total. The molecular formula is C16H21N3O5. The fraction of sp³-hybridized carbons (Fsp3) is 0.312. The molecular weight excluding hydrogens is 314 g/mol. The van der Waals surface area contributed by atoms with Crippen molar-refractivity contribution in [3.05, 3.63) is 43.5 Å². The number of nitrogens with zero attached hydrogens (tertiary/aromatic N) is 2. The van der Waals surface area contributed by atoms with Crippen LogP contribution in [0.25, 0.3) is 0 Å². The van der Waals surface area contributed by atoms with Gasteiger partial charge in [-0.1, -0.05) is 6.58 Å². The van der Waals surface area contributed by atoms with E-state index >= 15 is 0 Å². The van der Waals surface area contributed by atoms with Gasteiger partial charge in [0.25, 0.3) is 0 Å². The molecule has 0 unspecified atom stereocenters. The van der Waals surface area contributed by atoms with E-state index < -0.39 is 11.9 Å². The fourth-order valence-corrected chi connectivity index (χ4v) is 1.99. The quantitative estimate of drug-likeness (QED) is 0.542. The molecule has 0 aliphatic carbocycles. The van der Waals surface area contributed by atoms with Crippen molar-refractivity contribution in [1.29, 1.82) is 0 Å². The van der Waals surface area contributed by atoms with Gasteiger partial charge < -0.3 is 25.2 Å². The Morgan fingerprint density at radius 1 is 1.21 bits per heavy atom. The minimum Gasteiger partial charge on any atom is -0.478 e. The fourth-order valence-electron chi connectivity index (χ4n) is 1.99. The summed E-state index contributed by atoms with van der Waals surface area (Å²) in [5, 5.41) is 19.0. The second kappa shape index (κ2) is 10.8. The molecule has 1 aliphatic rings. The molecule has 0 spiro atoms. The average Bonchev–Trinajstić information content (AvgIpc) is 2.83. The van der Waals surface area contributed by atoms with Gasteiger partial charge in [0, 0.05) is 37.9 Å². The van der Waals surface area contributed by atoms with Gasteiger partial charge in [-0.15, -0.1) is 0 Å². The van der Waals surface area contributed by atoms with Crippen LogP contribution in [-0.4, -0.2) is 53.3 Å². The predicted octanol–water partition coefficient (Wildman–Crippen LogP) is 1.12. The van der Waals surface area contributed by atoms with Crippen LogP contribution in [0.5, 0.6) is 5.75 Å². The minimum atomic E-state index is -1.26. The third-order valence-electron chi connectivity index (χ3n) is 2.99. The van der Waals surface area contributed by atoms with Crippen molar-refractivity contribution in [2.24, 2.45) is 0 Å². The molecule has 0 amide bonds. The lowest BCUT2D eigenvalue weighted by atomic mass is 10.3. The van der Waals surface area contributed by atoms with E-state index in [2.05, 4.69) is 21.8 Å². The molecule has 0 bridgehead atoms. The normalized spacial score (nSPS) is 14.2. The number of nitrogens with one attached hydrogen (secondary N) is 1. The van der Waals surface area contributed by atoms with Crippen LogP contribution in [0.2, 0.25) is 0 Å². The summed E-state index contributed by atoms with van der Waals surface area (Å²) in [6.07, 6.45) is 7.27. The molecule has 2 rings (SSSR count). The standard InChI is InChI=1S/C12H17N3O.C4H4O4/c1-2-16-12-8-11(9-14-10-12)15-6-3-4-13-5-7-15;5-3(6)1-2-4(7)8/h2,8-10,13H,1,3-7H2;1-2H,(H,5,6)(H,7,8)/b;2-1+. The molecule has 8 heteroatoms. The van der Waals surface area contributed by atoms with E-state index in [-0.39, 0.29) is 0 Å². The summed E-state index contributed by atoms with van der Waals surface area (Å²) >= 11 is 0. The van der Waals surface area contributed by atoms with Gasteiger partial charge in [-0.3, -0.25) is 4.98 Å². The summed E-state index contributed by atoms with van der Waals surface area (Å²) in [7, 11) is 0. The Hall–Kier alpha value is -2.87. The number of carboxylic acids is 2. The van der Waals surface area contributed by atoms with Crippen LogP contribution >= 0.6 is 0 Å².